The van der Waals surface area contributed by atoms with Crippen molar-refractivity contribution in [2.75, 3.05) is 39.3 Å². The lowest BCUT2D eigenvalue weighted by Gasteiger charge is -2.35. The Labute approximate surface area is 203 Å². The normalized spacial score (nSPS) is 16.8. The van der Waals surface area contributed by atoms with E-state index in [9.17, 15) is 10.2 Å². The van der Waals surface area contributed by atoms with Gasteiger partial charge in [-0.1, -0.05) is 78.9 Å². The van der Waals surface area contributed by atoms with Crippen molar-refractivity contribution in [3.05, 3.63) is 102 Å². The van der Waals surface area contributed by atoms with Crippen molar-refractivity contribution >= 4 is 0 Å². The van der Waals surface area contributed by atoms with E-state index >= 15 is 0 Å². The number of β-amino-alcohol motifs (C(OH)–C–C–N with tert-alkyl or cyclic N) is 1. The number of rotatable bonds is 11. The smallest absolute Gasteiger partial charge is 0.125 e. The third-order valence-corrected chi connectivity index (χ3v) is 6.44. The highest BCUT2D eigenvalue weighted by atomic mass is 16.5. The van der Waals surface area contributed by atoms with E-state index in [1.54, 1.807) is 0 Å². The van der Waals surface area contributed by atoms with Crippen LogP contribution in [-0.4, -0.2) is 65.4 Å². The predicted octanol–water partition coefficient (Wildman–Crippen LogP) is 3.91. The average molecular weight is 461 g/mol. The highest BCUT2D eigenvalue weighted by Crippen LogP contribution is 2.28. The number of ether oxygens (including phenoxy) is 1. The van der Waals surface area contributed by atoms with Gasteiger partial charge in [-0.25, -0.2) is 0 Å². The van der Waals surface area contributed by atoms with Gasteiger partial charge in [0.25, 0.3) is 0 Å². The van der Waals surface area contributed by atoms with Gasteiger partial charge in [0.05, 0.1) is 6.10 Å². The third-order valence-electron chi connectivity index (χ3n) is 6.44. The molecule has 0 unspecified atom stereocenters. The van der Waals surface area contributed by atoms with Crippen LogP contribution in [0.3, 0.4) is 0 Å². The quantitative estimate of drug-likeness (QED) is 0.454. The molecule has 0 saturated carbocycles. The van der Waals surface area contributed by atoms with Crippen LogP contribution < -0.4 is 4.74 Å². The molecular weight excluding hydrogens is 424 g/mol. The Kier molecular flexibility index (Phi) is 9.11. The Bertz CT molecular complexity index is 975. The summed E-state index contributed by atoms with van der Waals surface area (Å²) in [6.07, 6.45) is 0.247. The average Bonchev–Trinajstić information content (AvgIpc) is 2.88. The maximum atomic E-state index is 10.8. The zero-order valence-electron chi connectivity index (χ0n) is 19.8. The number of aliphatic hydroxyl groups excluding tert-OH is 2. The van der Waals surface area contributed by atoms with Crippen molar-refractivity contribution in [2.24, 2.45) is 0 Å². The minimum atomic E-state index is -0.605. The third kappa shape index (κ3) is 7.40. The summed E-state index contributed by atoms with van der Waals surface area (Å²) >= 11 is 0. The van der Waals surface area contributed by atoms with Crippen molar-refractivity contribution in [1.29, 1.82) is 0 Å². The molecule has 1 heterocycles. The molecule has 2 atom stereocenters. The van der Waals surface area contributed by atoms with Crippen molar-refractivity contribution in [1.82, 2.24) is 9.80 Å². The Morgan fingerprint density at radius 2 is 1.29 bits per heavy atom. The van der Waals surface area contributed by atoms with Crippen LogP contribution in [0.25, 0.3) is 0 Å². The maximum absolute atomic E-state index is 10.8. The highest BCUT2D eigenvalue weighted by molar-refractivity contribution is 5.35. The van der Waals surface area contributed by atoms with Crippen LogP contribution in [0.4, 0.5) is 0 Å². The number of nitrogens with zero attached hydrogens (tertiary/aromatic N) is 2. The van der Waals surface area contributed by atoms with Gasteiger partial charge in [-0.05, 0) is 30.0 Å². The molecule has 3 aromatic rings. The van der Waals surface area contributed by atoms with Gasteiger partial charge in [-0.15, -0.1) is 0 Å². The number of hydrogen-bond acceptors (Lipinski definition) is 5. The molecule has 0 spiro atoms. The van der Waals surface area contributed by atoms with Crippen LogP contribution >= 0.6 is 0 Å². The van der Waals surface area contributed by atoms with Crippen LogP contribution in [0.15, 0.2) is 84.9 Å². The first kappa shape index (κ1) is 24.4. The van der Waals surface area contributed by atoms with E-state index < -0.39 is 12.2 Å². The summed E-state index contributed by atoms with van der Waals surface area (Å²) < 4.78 is 5.97. The Balaban J connectivity index is 1.21. The molecule has 1 aliphatic heterocycles. The fraction of sp³-hybridized carbons (Fsp3) is 0.379. The summed E-state index contributed by atoms with van der Waals surface area (Å²) in [5.74, 6) is 0.648. The van der Waals surface area contributed by atoms with Crippen molar-refractivity contribution in [2.45, 2.75) is 31.6 Å². The number of aliphatic hydroxyl groups is 2. The van der Waals surface area contributed by atoms with Crippen molar-refractivity contribution < 1.29 is 14.9 Å². The highest BCUT2D eigenvalue weighted by Gasteiger charge is 2.20. The van der Waals surface area contributed by atoms with Crippen molar-refractivity contribution in [3.63, 3.8) is 0 Å². The lowest BCUT2D eigenvalue weighted by atomic mass is 10.0. The van der Waals surface area contributed by atoms with Gasteiger partial charge >= 0.3 is 0 Å². The molecule has 34 heavy (non-hydrogen) atoms. The van der Waals surface area contributed by atoms with Crippen molar-refractivity contribution in [3.8, 4) is 5.75 Å². The number of aryl methyl sites for hydroxylation is 1. The van der Waals surface area contributed by atoms with Gasteiger partial charge in [0.2, 0.25) is 0 Å². The first-order chi connectivity index (χ1) is 16.7. The molecule has 0 aliphatic carbocycles. The van der Waals surface area contributed by atoms with Crippen LogP contribution in [0, 0.1) is 0 Å². The second-order valence-corrected chi connectivity index (χ2v) is 9.11. The Morgan fingerprint density at radius 1 is 0.706 bits per heavy atom. The largest absolute Gasteiger partial charge is 0.490 e. The molecule has 5 nitrogen and oxygen atoms in total. The molecule has 0 radical (unpaired) electrons. The van der Waals surface area contributed by atoms with E-state index in [1.165, 1.54) is 11.1 Å². The van der Waals surface area contributed by atoms with E-state index in [-0.39, 0.29) is 6.61 Å². The second-order valence-electron chi connectivity index (χ2n) is 9.11. The zero-order chi connectivity index (χ0) is 23.6. The summed E-state index contributed by atoms with van der Waals surface area (Å²) in [5.41, 5.74) is 3.33. The molecule has 1 aliphatic rings. The minimum absolute atomic E-state index is 0.215. The van der Waals surface area contributed by atoms with E-state index in [0.717, 1.165) is 44.7 Å². The summed E-state index contributed by atoms with van der Waals surface area (Å²) in [6, 6.07) is 28.3. The molecule has 2 N–H and O–H groups in total. The molecular formula is C29H36N2O3. The lowest BCUT2D eigenvalue weighted by Crippen LogP contribution is -2.48. The van der Waals surface area contributed by atoms with E-state index in [2.05, 4.69) is 52.3 Å². The van der Waals surface area contributed by atoms with E-state index in [4.69, 9.17) is 4.74 Å². The van der Waals surface area contributed by atoms with Crippen LogP contribution in [0.1, 0.15) is 29.2 Å². The summed E-state index contributed by atoms with van der Waals surface area (Å²) in [5, 5.41) is 21.4. The first-order valence-corrected chi connectivity index (χ1v) is 12.3. The molecule has 5 heteroatoms. The molecule has 1 saturated heterocycles. The first-order valence-electron chi connectivity index (χ1n) is 12.3. The summed E-state index contributed by atoms with van der Waals surface area (Å²) in [7, 11) is 0. The van der Waals surface area contributed by atoms with Crippen LogP contribution in [0.5, 0.6) is 5.75 Å². The molecule has 180 valence electrons. The van der Waals surface area contributed by atoms with Gasteiger partial charge in [0, 0.05) is 44.8 Å². The number of benzene rings is 3. The second kappa shape index (κ2) is 12.7. The van der Waals surface area contributed by atoms with Gasteiger partial charge in [-0.3, -0.25) is 9.80 Å². The maximum Gasteiger partial charge on any atom is 0.125 e. The number of piperazine rings is 1. The van der Waals surface area contributed by atoms with Crippen LogP contribution in [-0.2, 0) is 13.0 Å². The fourth-order valence-electron chi connectivity index (χ4n) is 4.50. The summed E-state index contributed by atoms with van der Waals surface area (Å²) in [6.45, 7) is 5.67. The SMILES string of the molecule is O[C@@H](COc1ccccc1[C@@H](O)CCc1ccccc1)CN1CCN(Cc2ccccc2)CC1. The molecule has 0 aromatic heterocycles. The molecule has 3 aromatic carbocycles. The Hall–Kier alpha value is -2.70. The van der Waals surface area contributed by atoms with E-state index in [0.29, 0.717) is 18.7 Å². The topological polar surface area (TPSA) is 56.2 Å². The fourth-order valence-corrected chi connectivity index (χ4v) is 4.50. The number of hydrogen-bond donors (Lipinski definition) is 2. The standard InChI is InChI=1S/C29H36N2O3/c32-26(22-31-19-17-30(18-20-31)21-25-11-5-2-6-12-25)23-34-29-14-8-7-13-27(29)28(33)16-15-24-9-3-1-4-10-24/h1-14,26,28,32-33H,15-23H2/t26-,28+/m1/s1. The molecule has 1 fully saturated rings. The number of para-hydroxylation sites is 1. The van der Waals surface area contributed by atoms with E-state index in [1.807, 2.05) is 42.5 Å². The minimum Gasteiger partial charge on any atom is -0.490 e. The molecule has 0 bridgehead atoms. The lowest BCUT2D eigenvalue weighted by molar-refractivity contribution is 0.0435. The monoisotopic (exact) mass is 460 g/mol. The zero-order valence-corrected chi connectivity index (χ0v) is 19.8. The Morgan fingerprint density at radius 3 is 2.00 bits per heavy atom. The molecule has 4 rings (SSSR count). The van der Waals surface area contributed by atoms with Gasteiger partial charge in [0.1, 0.15) is 18.5 Å². The van der Waals surface area contributed by atoms with Gasteiger partial charge in [-0.2, -0.15) is 0 Å². The summed E-state index contributed by atoms with van der Waals surface area (Å²) in [4.78, 5) is 4.76. The van der Waals surface area contributed by atoms with Gasteiger partial charge in [0.15, 0.2) is 0 Å². The van der Waals surface area contributed by atoms with Crippen LogP contribution in [0.2, 0.25) is 0 Å². The van der Waals surface area contributed by atoms with Gasteiger partial charge < -0.3 is 14.9 Å². The predicted molar refractivity (Wildman–Crippen MR) is 136 cm³/mol. The molecule has 0 amide bonds.